The van der Waals surface area contributed by atoms with Crippen LogP contribution in [0.4, 0.5) is 5.69 Å². The van der Waals surface area contributed by atoms with Gasteiger partial charge in [-0.15, -0.1) is 0 Å². The Balaban J connectivity index is 1.56. The second-order valence-electron chi connectivity index (χ2n) is 9.43. The van der Waals surface area contributed by atoms with Crippen LogP contribution in [0.25, 0.3) is 0 Å². The summed E-state index contributed by atoms with van der Waals surface area (Å²) in [6.45, 7) is 2.35. The lowest BCUT2D eigenvalue weighted by molar-refractivity contribution is 0.0931. The predicted molar refractivity (Wildman–Crippen MR) is 138 cm³/mol. The molecule has 0 unspecified atom stereocenters. The molecule has 1 aliphatic carbocycles. The van der Waals surface area contributed by atoms with E-state index in [1.165, 1.54) is 12.8 Å². The van der Waals surface area contributed by atoms with Crippen molar-refractivity contribution in [2.24, 2.45) is 0 Å². The Labute approximate surface area is 209 Å². The molecule has 2 aliphatic rings. The van der Waals surface area contributed by atoms with Crippen molar-refractivity contribution in [3.05, 3.63) is 89.0 Å². The molecule has 6 heteroatoms. The zero-order valence-corrected chi connectivity index (χ0v) is 20.8. The SMILES string of the molecule is Cc1ccccc1CN1C(=O)c2ccccc2[S@@](=O)c2ccc(C(=O)NC3CCCCCC3)cc21. The van der Waals surface area contributed by atoms with Gasteiger partial charge in [0, 0.05) is 11.6 Å². The van der Waals surface area contributed by atoms with Crippen LogP contribution in [0.2, 0.25) is 0 Å². The first-order chi connectivity index (χ1) is 17.0. The van der Waals surface area contributed by atoms with E-state index in [1.807, 2.05) is 31.2 Å². The van der Waals surface area contributed by atoms with E-state index in [0.29, 0.717) is 33.2 Å². The maximum atomic E-state index is 13.8. The fourth-order valence-electron chi connectivity index (χ4n) is 5.01. The van der Waals surface area contributed by atoms with Crippen molar-refractivity contribution in [3.8, 4) is 0 Å². The molecule has 0 saturated heterocycles. The Kier molecular flexibility index (Phi) is 6.82. The number of nitrogens with zero attached hydrogens (tertiary/aromatic N) is 1. The number of aryl methyl sites for hydroxylation is 1. The molecule has 1 aliphatic heterocycles. The summed E-state index contributed by atoms with van der Waals surface area (Å²) >= 11 is 0. The fourth-order valence-corrected chi connectivity index (χ4v) is 6.36. The number of carbonyl (C=O) groups is 2. The first kappa shape index (κ1) is 23.5. The van der Waals surface area contributed by atoms with Gasteiger partial charge >= 0.3 is 0 Å². The third-order valence-electron chi connectivity index (χ3n) is 7.05. The van der Waals surface area contributed by atoms with Gasteiger partial charge in [-0.05, 0) is 61.2 Å². The van der Waals surface area contributed by atoms with Crippen molar-refractivity contribution >= 4 is 28.3 Å². The summed E-state index contributed by atoms with van der Waals surface area (Å²) in [5.74, 6) is -0.354. The first-order valence-electron chi connectivity index (χ1n) is 12.3. The third-order valence-corrected chi connectivity index (χ3v) is 8.55. The van der Waals surface area contributed by atoms with Gasteiger partial charge in [0.2, 0.25) is 0 Å². The highest BCUT2D eigenvalue weighted by molar-refractivity contribution is 7.85. The highest BCUT2D eigenvalue weighted by atomic mass is 32.2. The maximum absolute atomic E-state index is 13.8. The molecule has 0 radical (unpaired) electrons. The number of carbonyl (C=O) groups excluding carboxylic acids is 2. The second-order valence-corrected chi connectivity index (χ2v) is 10.8. The zero-order chi connectivity index (χ0) is 24.4. The van der Waals surface area contributed by atoms with Crippen LogP contribution in [0.15, 0.2) is 76.5 Å². The number of anilines is 1. The molecule has 180 valence electrons. The summed E-state index contributed by atoms with van der Waals surface area (Å²) in [4.78, 5) is 29.7. The summed E-state index contributed by atoms with van der Waals surface area (Å²) in [5, 5.41) is 3.19. The normalized spacial score (nSPS) is 18.3. The van der Waals surface area contributed by atoms with E-state index in [4.69, 9.17) is 0 Å². The smallest absolute Gasteiger partial charge is 0.259 e. The molecule has 1 saturated carbocycles. The summed E-state index contributed by atoms with van der Waals surface area (Å²) in [5.41, 5.74) is 3.52. The summed E-state index contributed by atoms with van der Waals surface area (Å²) in [6.07, 6.45) is 6.68. The fraction of sp³-hybridized carbons (Fsp3) is 0.310. The molecule has 35 heavy (non-hydrogen) atoms. The summed E-state index contributed by atoms with van der Waals surface area (Å²) in [7, 11) is -1.54. The van der Waals surface area contributed by atoms with E-state index >= 15 is 0 Å². The number of hydrogen-bond acceptors (Lipinski definition) is 3. The standard InChI is InChI=1S/C29H30N2O3S/c1-20-10-6-7-11-22(20)19-31-25-18-21(28(32)30-23-12-4-2-3-5-13-23)16-17-27(25)35(34)26-15-9-8-14-24(26)29(31)33/h6-11,14-18,23H,2-5,12-13,19H2,1H3,(H,30,32)/t35-/m1/s1. The van der Waals surface area contributed by atoms with Crippen LogP contribution in [-0.4, -0.2) is 22.1 Å². The minimum atomic E-state index is -1.54. The molecule has 1 N–H and O–H groups in total. The van der Waals surface area contributed by atoms with Gasteiger partial charge in [-0.1, -0.05) is 62.1 Å². The van der Waals surface area contributed by atoms with Gasteiger partial charge < -0.3 is 10.2 Å². The molecule has 5 nitrogen and oxygen atoms in total. The van der Waals surface area contributed by atoms with Gasteiger partial charge in [0.05, 0.1) is 38.4 Å². The number of nitrogens with one attached hydrogen (secondary N) is 1. The lowest BCUT2D eigenvalue weighted by Gasteiger charge is -2.24. The van der Waals surface area contributed by atoms with Gasteiger partial charge in [0.25, 0.3) is 11.8 Å². The topological polar surface area (TPSA) is 66.5 Å². The van der Waals surface area contributed by atoms with Crippen LogP contribution >= 0.6 is 0 Å². The highest BCUT2D eigenvalue weighted by Gasteiger charge is 2.32. The van der Waals surface area contributed by atoms with Gasteiger partial charge in [-0.25, -0.2) is 4.21 Å². The van der Waals surface area contributed by atoms with Crippen LogP contribution < -0.4 is 10.2 Å². The van der Waals surface area contributed by atoms with Gasteiger partial charge in [-0.3, -0.25) is 9.59 Å². The van der Waals surface area contributed by atoms with Crippen LogP contribution in [0.5, 0.6) is 0 Å². The zero-order valence-electron chi connectivity index (χ0n) is 20.0. The van der Waals surface area contributed by atoms with E-state index in [2.05, 4.69) is 5.32 Å². The van der Waals surface area contributed by atoms with E-state index < -0.39 is 10.8 Å². The van der Waals surface area contributed by atoms with Crippen molar-refractivity contribution in [1.82, 2.24) is 5.32 Å². The van der Waals surface area contributed by atoms with Crippen LogP contribution in [0, 0.1) is 6.92 Å². The van der Waals surface area contributed by atoms with Gasteiger partial charge in [0.15, 0.2) is 0 Å². The lowest BCUT2D eigenvalue weighted by Crippen LogP contribution is -2.35. The molecule has 0 aromatic heterocycles. The Morgan fingerprint density at radius 2 is 1.66 bits per heavy atom. The minimum Gasteiger partial charge on any atom is -0.349 e. The number of benzene rings is 3. The third kappa shape index (κ3) is 4.80. The van der Waals surface area contributed by atoms with Crippen molar-refractivity contribution in [3.63, 3.8) is 0 Å². The molecule has 1 fully saturated rings. The van der Waals surface area contributed by atoms with E-state index in [1.54, 1.807) is 47.4 Å². The van der Waals surface area contributed by atoms with Crippen LogP contribution in [0.3, 0.4) is 0 Å². The van der Waals surface area contributed by atoms with Crippen molar-refractivity contribution in [2.75, 3.05) is 4.90 Å². The van der Waals surface area contributed by atoms with E-state index in [9.17, 15) is 13.8 Å². The second kappa shape index (κ2) is 10.2. The molecular formula is C29H30N2O3S. The van der Waals surface area contributed by atoms with E-state index in [0.717, 1.165) is 36.8 Å². The van der Waals surface area contributed by atoms with Crippen molar-refractivity contribution in [2.45, 2.75) is 67.8 Å². The van der Waals surface area contributed by atoms with Gasteiger partial charge in [0.1, 0.15) is 0 Å². The largest absolute Gasteiger partial charge is 0.349 e. The molecule has 0 spiro atoms. The molecular weight excluding hydrogens is 456 g/mol. The lowest BCUT2D eigenvalue weighted by atomic mass is 10.1. The van der Waals surface area contributed by atoms with E-state index in [-0.39, 0.29) is 17.9 Å². The number of amides is 2. The predicted octanol–water partition coefficient (Wildman–Crippen LogP) is 5.77. The number of fused-ring (bicyclic) bond motifs is 2. The van der Waals surface area contributed by atoms with Crippen molar-refractivity contribution < 1.29 is 13.8 Å². The average molecular weight is 487 g/mol. The van der Waals surface area contributed by atoms with Crippen LogP contribution in [0.1, 0.15) is 70.4 Å². The maximum Gasteiger partial charge on any atom is 0.259 e. The Hall–Kier alpha value is -3.25. The molecule has 3 aromatic carbocycles. The number of rotatable bonds is 4. The molecule has 3 aromatic rings. The van der Waals surface area contributed by atoms with Crippen molar-refractivity contribution in [1.29, 1.82) is 0 Å². The average Bonchev–Trinajstić information content (AvgIpc) is 3.19. The Morgan fingerprint density at radius 3 is 2.43 bits per heavy atom. The number of hydrogen-bond donors (Lipinski definition) is 1. The van der Waals surface area contributed by atoms with Crippen LogP contribution in [-0.2, 0) is 17.3 Å². The quantitative estimate of drug-likeness (QED) is 0.476. The monoisotopic (exact) mass is 486 g/mol. The minimum absolute atomic E-state index is 0.143. The first-order valence-corrected chi connectivity index (χ1v) is 13.5. The Morgan fingerprint density at radius 1 is 0.943 bits per heavy atom. The summed E-state index contributed by atoms with van der Waals surface area (Å²) < 4.78 is 13.6. The molecule has 1 atom stereocenters. The Bertz CT molecular complexity index is 1290. The van der Waals surface area contributed by atoms with Gasteiger partial charge in [-0.2, -0.15) is 0 Å². The molecule has 5 rings (SSSR count). The highest BCUT2D eigenvalue weighted by Crippen LogP contribution is 2.36. The molecule has 2 amide bonds. The summed E-state index contributed by atoms with van der Waals surface area (Å²) in [6, 6.07) is 20.4. The molecule has 0 bridgehead atoms. The molecule has 1 heterocycles.